The van der Waals surface area contributed by atoms with Gasteiger partial charge < -0.3 is 23.8 Å². The molecule has 0 aliphatic carbocycles. The smallest absolute Gasteiger partial charge is 0.222 e. The van der Waals surface area contributed by atoms with Crippen LogP contribution in [0, 0.1) is 18.7 Å². The van der Waals surface area contributed by atoms with Crippen LogP contribution in [0.25, 0.3) is 10.9 Å². The highest BCUT2D eigenvalue weighted by atomic mass is 19.1. The molecule has 3 aromatic carbocycles. The van der Waals surface area contributed by atoms with Gasteiger partial charge in [-0.15, -0.1) is 0 Å². The summed E-state index contributed by atoms with van der Waals surface area (Å²) in [6.07, 6.45) is 4.23. The summed E-state index contributed by atoms with van der Waals surface area (Å²) >= 11 is 0. The molecule has 4 aromatic rings. The summed E-state index contributed by atoms with van der Waals surface area (Å²) < 4.78 is 38.3. The van der Waals surface area contributed by atoms with E-state index in [-0.39, 0.29) is 24.4 Å². The largest absolute Gasteiger partial charge is 0.490 e. The molecule has 2 fully saturated rings. The van der Waals surface area contributed by atoms with E-state index in [2.05, 4.69) is 0 Å². The monoisotopic (exact) mass is 598 g/mol. The number of amides is 1. The van der Waals surface area contributed by atoms with Crippen molar-refractivity contribution in [2.75, 3.05) is 26.3 Å². The van der Waals surface area contributed by atoms with Gasteiger partial charge in [-0.2, -0.15) is 0 Å². The second-order valence-corrected chi connectivity index (χ2v) is 11.7. The molecule has 3 heterocycles. The number of aromatic nitrogens is 1. The van der Waals surface area contributed by atoms with Crippen molar-refractivity contribution in [1.29, 1.82) is 0 Å². The van der Waals surface area contributed by atoms with Gasteiger partial charge in [0.05, 0.1) is 11.2 Å². The average molecular weight is 599 g/mol. The first-order chi connectivity index (χ1) is 21.5. The minimum atomic E-state index is -0.337. The first kappa shape index (κ1) is 29.9. The molecule has 1 aromatic heterocycles. The standard InChI is InChI=1S/C36H39FN2O5/c1-25-34(38-33-11-10-28(37)21-32(33)36(25)43-23-27-6-3-2-4-7-27)24-42-30-8-5-9-31(22-30)44-29-12-16-39(17-13-29)35(40)20-26-14-18-41-19-15-26/h2-11,21-22,26,29H,12-20,23-24H2,1H3. The quantitative estimate of drug-likeness (QED) is 0.195. The summed E-state index contributed by atoms with van der Waals surface area (Å²) in [5.41, 5.74) is 3.20. The summed E-state index contributed by atoms with van der Waals surface area (Å²) in [7, 11) is 0. The molecule has 44 heavy (non-hydrogen) atoms. The number of hydrogen-bond donors (Lipinski definition) is 0. The van der Waals surface area contributed by atoms with Gasteiger partial charge in [0.1, 0.15) is 42.4 Å². The Morgan fingerprint density at radius 1 is 0.909 bits per heavy atom. The molecule has 1 amide bonds. The Morgan fingerprint density at radius 3 is 2.48 bits per heavy atom. The molecule has 6 rings (SSSR count). The van der Waals surface area contributed by atoms with Crippen LogP contribution in [0.5, 0.6) is 17.2 Å². The zero-order valence-corrected chi connectivity index (χ0v) is 25.2. The van der Waals surface area contributed by atoms with Crippen molar-refractivity contribution in [2.24, 2.45) is 5.92 Å². The van der Waals surface area contributed by atoms with Crippen LogP contribution < -0.4 is 14.2 Å². The fourth-order valence-electron chi connectivity index (χ4n) is 5.94. The Balaban J connectivity index is 1.07. The van der Waals surface area contributed by atoms with Crippen LogP contribution in [-0.4, -0.2) is 48.2 Å². The number of halogens is 1. The number of ether oxygens (including phenoxy) is 4. The predicted octanol–water partition coefficient (Wildman–Crippen LogP) is 7.03. The van der Waals surface area contributed by atoms with Gasteiger partial charge in [0.25, 0.3) is 0 Å². The van der Waals surface area contributed by atoms with E-state index < -0.39 is 0 Å². The molecule has 7 nitrogen and oxygen atoms in total. The zero-order valence-electron chi connectivity index (χ0n) is 25.2. The van der Waals surface area contributed by atoms with Crippen LogP contribution in [0.1, 0.15) is 48.9 Å². The molecule has 2 aliphatic rings. The molecule has 0 saturated carbocycles. The third kappa shape index (κ3) is 7.48. The summed E-state index contributed by atoms with van der Waals surface area (Å²) in [5.74, 6) is 2.36. The highest BCUT2D eigenvalue weighted by Gasteiger charge is 2.26. The van der Waals surface area contributed by atoms with Crippen molar-refractivity contribution in [3.8, 4) is 17.2 Å². The summed E-state index contributed by atoms with van der Waals surface area (Å²) in [6.45, 7) is 5.47. The number of hydrogen-bond acceptors (Lipinski definition) is 6. The second kappa shape index (κ2) is 14.1. The lowest BCUT2D eigenvalue weighted by Crippen LogP contribution is -2.42. The fraction of sp³-hybridized carbons (Fsp3) is 0.389. The number of carbonyl (C=O) groups is 1. The third-order valence-corrected chi connectivity index (χ3v) is 8.54. The van der Waals surface area contributed by atoms with E-state index in [1.807, 2.05) is 66.4 Å². The van der Waals surface area contributed by atoms with Crippen molar-refractivity contribution < 1.29 is 28.1 Å². The van der Waals surface area contributed by atoms with Gasteiger partial charge in [0.2, 0.25) is 5.91 Å². The molecular formula is C36H39FN2O5. The molecule has 2 aliphatic heterocycles. The minimum Gasteiger partial charge on any atom is -0.490 e. The second-order valence-electron chi connectivity index (χ2n) is 11.7. The first-order valence-corrected chi connectivity index (χ1v) is 15.5. The maximum absolute atomic E-state index is 14.2. The van der Waals surface area contributed by atoms with E-state index in [0.29, 0.717) is 54.4 Å². The van der Waals surface area contributed by atoms with Gasteiger partial charge in [0, 0.05) is 62.6 Å². The number of fused-ring (bicyclic) bond motifs is 1. The summed E-state index contributed by atoms with van der Waals surface area (Å²) in [5, 5.41) is 0.633. The SMILES string of the molecule is Cc1c(COc2cccc(OC3CCN(C(=O)CC4CCOCC4)CC3)c2)nc2ccc(F)cc2c1OCc1ccccc1. The molecule has 0 unspecified atom stereocenters. The topological polar surface area (TPSA) is 70.1 Å². The van der Waals surface area contributed by atoms with E-state index >= 15 is 0 Å². The average Bonchev–Trinajstić information content (AvgIpc) is 3.05. The molecule has 8 heteroatoms. The highest BCUT2D eigenvalue weighted by Crippen LogP contribution is 2.33. The van der Waals surface area contributed by atoms with E-state index in [1.165, 1.54) is 12.1 Å². The zero-order chi connectivity index (χ0) is 30.3. The van der Waals surface area contributed by atoms with Crippen molar-refractivity contribution in [3.05, 3.63) is 95.4 Å². The van der Waals surface area contributed by atoms with Crippen molar-refractivity contribution in [1.82, 2.24) is 9.88 Å². The molecule has 0 N–H and O–H groups in total. The van der Waals surface area contributed by atoms with Gasteiger partial charge in [-0.1, -0.05) is 36.4 Å². The minimum absolute atomic E-state index is 0.0477. The number of rotatable bonds is 10. The number of carbonyl (C=O) groups excluding carboxylic acids is 1. The normalized spacial score (nSPS) is 16.2. The lowest BCUT2D eigenvalue weighted by Gasteiger charge is -2.33. The van der Waals surface area contributed by atoms with Crippen LogP contribution in [0.15, 0.2) is 72.8 Å². The lowest BCUT2D eigenvalue weighted by atomic mass is 9.95. The summed E-state index contributed by atoms with van der Waals surface area (Å²) in [4.78, 5) is 19.6. The maximum Gasteiger partial charge on any atom is 0.222 e. The number of pyridine rings is 1. The Bertz CT molecular complexity index is 1570. The van der Waals surface area contributed by atoms with E-state index in [1.54, 1.807) is 6.07 Å². The van der Waals surface area contributed by atoms with Crippen LogP contribution in [0.4, 0.5) is 4.39 Å². The Labute approximate surface area is 257 Å². The van der Waals surface area contributed by atoms with Crippen molar-refractivity contribution >= 4 is 16.8 Å². The van der Waals surface area contributed by atoms with Crippen molar-refractivity contribution in [2.45, 2.75) is 58.3 Å². The van der Waals surface area contributed by atoms with Gasteiger partial charge in [-0.25, -0.2) is 9.37 Å². The maximum atomic E-state index is 14.2. The lowest BCUT2D eigenvalue weighted by molar-refractivity contribution is -0.134. The van der Waals surface area contributed by atoms with Crippen molar-refractivity contribution in [3.63, 3.8) is 0 Å². The Morgan fingerprint density at radius 2 is 1.68 bits per heavy atom. The number of benzene rings is 3. The van der Waals surface area contributed by atoms with Gasteiger partial charge >= 0.3 is 0 Å². The highest BCUT2D eigenvalue weighted by molar-refractivity contribution is 5.86. The van der Waals surface area contributed by atoms with Crippen LogP contribution in [-0.2, 0) is 22.7 Å². The number of likely N-dealkylation sites (tertiary alicyclic amines) is 1. The van der Waals surface area contributed by atoms with Crippen LogP contribution in [0.2, 0.25) is 0 Å². The molecule has 0 atom stereocenters. The van der Waals surface area contributed by atoms with Gasteiger partial charge in [-0.05, 0) is 61.6 Å². The fourth-order valence-corrected chi connectivity index (χ4v) is 5.94. The summed E-state index contributed by atoms with van der Waals surface area (Å²) in [6, 6.07) is 22.0. The van der Waals surface area contributed by atoms with Crippen LogP contribution >= 0.6 is 0 Å². The van der Waals surface area contributed by atoms with E-state index in [4.69, 9.17) is 23.9 Å². The molecule has 0 radical (unpaired) electrons. The van der Waals surface area contributed by atoms with Crippen LogP contribution in [0.3, 0.4) is 0 Å². The number of nitrogens with zero attached hydrogens (tertiary/aromatic N) is 2. The van der Waals surface area contributed by atoms with Gasteiger partial charge in [-0.3, -0.25) is 4.79 Å². The molecule has 0 bridgehead atoms. The Kier molecular flexibility index (Phi) is 9.56. The number of piperidine rings is 1. The predicted molar refractivity (Wildman–Crippen MR) is 166 cm³/mol. The third-order valence-electron chi connectivity index (χ3n) is 8.54. The Hall–Kier alpha value is -4.17. The molecule has 2 saturated heterocycles. The van der Waals surface area contributed by atoms with Gasteiger partial charge in [0.15, 0.2) is 0 Å². The van der Waals surface area contributed by atoms with E-state index in [0.717, 1.165) is 61.5 Å². The first-order valence-electron chi connectivity index (χ1n) is 15.5. The molecular weight excluding hydrogens is 559 g/mol. The molecule has 0 spiro atoms. The molecule has 230 valence electrons. The van der Waals surface area contributed by atoms with E-state index in [9.17, 15) is 9.18 Å².